The fraction of sp³-hybridized carbons (Fsp3) is 0.250. The highest BCUT2D eigenvalue weighted by Crippen LogP contribution is 2.66. The number of benzene rings is 7. The Morgan fingerprint density at radius 2 is 1.49 bits per heavy atom. The number of para-hydroxylation sites is 1. The third-order valence-corrected chi connectivity index (χ3v) is 16.4. The second-order valence-corrected chi connectivity index (χ2v) is 21.1. The van der Waals surface area contributed by atoms with Crippen LogP contribution < -0.4 is 19.1 Å². The van der Waals surface area contributed by atoms with Crippen LogP contribution in [0.1, 0.15) is 57.1 Å². The summed E-state index contributed by atoms with van der Waals surface area (Å²) in [6, 6.07) is 46.0. The number of carbonyl (C=O) groups excluding carboxylic acids is 4. The quantitative estimate of drug-likeness (QED) is 0.0503. The van der Waals surface area contributed by atoms with Crippen molar-refractivity contribution in [3.63, 3.8) is 0 Å². The lowest BCUT2D eigenvalue weighted by atomic mass is 9.64. The monoisotopic (exact) mass is 1130 g/mol. The van der Waals surface area contributed by atoms with E-state index in [-0.39, 0.29) is 63.2 Å². The predicted octanol–water partition coefficient (Wildman–Crippen LogP) is 7.84. The summed E-state index contributed by atoms with van der Waals surface area (Å²) < 4.78 is 31.7. The lowest BCUT2D eigenvalue weighted by Gasteiger charge is -2.46. The van der Waals surface area contributed by atoms with Gasteiger partial charge in [-0.05, 0) is 100 Å². The first-order valence-electron chi connectivity index (χ1n) is 27.6. The van der Waals surface area contributed by atoms with Crippen molar-refractivity contribution in [3.05, 3.63) is 219 Å². The lowest BCUT2D eigenvalue weighted by Crippen LogP contribution is -2.59. The molecule has 0 unspecified atom stereocenters. The van der Waals surface area contributed by atoms with Crippen LogP contribution in [0.5, 0.6) is 17.2 Å². The van der Waals surface area contributed by atoms with Crippen molar-refractivity contribution in [3.8, 4) is 29.1 Å². The fourth-order valence-corrected chi connectivity index (χ4v) is 12.7. The number of morpholine rings is 1. The Labute approximate surface area is 481 Å². The number of nitro groups is 1. The maximum atomic E-state index is 17.0. The average molecular weight is 1130 g/mol. The summed E-state index contributed by atoms with van der Waals surface area (Å²) in [5.41, 5.74) is 3.11. The number of fused-ring (bicyclic) bond motifs is 5. The molecule has 20 heteroatoms. The fourth-order valence-electron chi connectivity index (χ4n) is 12.7. The molecule has 3 saturated heterocycles. The molecule has 1 spiro atoms. The molecule has 8 aromatic rings. The first kappa shape index (κ1) is 53.4. The molecule has 422 valence electrons. The van der Waals surface area contributed by atoms with Crippen molar-refractivity contribution >= 4 is 46.3 Å². The van der Waals surface area contributed by atoms with Gasteiger partial charge in [0.15, 0.2) is 11.5 Å². The summed E-state index contributed by atoms with van der Waals surface area (Å²) in [4.78, 5) is 82.6. The van der Waals surface area contributed by atoms with Crippen molar-refractivity contribution in [1.29, 1.82) is 0 Å². The Morgan fingerprint density at radius 3 is 2.26 bits per heavy atom. The third-order valence-electron chi connectivity index (χ3n) is 16.4. The van der Waals surface area contributed by atoms with E-state index in [9.17, 15) is 15.2 Å². The summed E-state index contributed by atoms with van der Waals surface area (Å²) in [6.07, 6.45) is -2.08. The van der Waals surface area contributed by atoms with Gasteiger partial charge in [0.25, 0.3) is 5.69 Å². The number of hydrogen-bond acceptors (Lipinski definition) is 16. The molecule has 20 nitrogen and oxygen atoms in total. The average Bonchev–Trinajstić information content (AvgIpc) is 1.58. The second kappa shape index (κ2) is 22.4. The number of anilines is 1. The van der Waals surface area contributed by atoms with E-state index in [0.717, 1.165) is 16.0 Å². The van der Waals surface area contributed by atoms with E-state index in [2.05, 4.69) is 27.1 Å². The molecule has 7 aromatic carbocycles. The number of non-ortho nitro benzene ring substituents is 1. The highest BCUT2D eigenvalue weighted by atomic mass is 16.7. The van der Waals surface area contributed by atoms with Crippen molar-refractivity contribution < 1.29 is 52.9 Å². The second-order valence-electron chi connectivity index (χ2n) is 21.1. The van der Waals surface area contributed by atoms with Crippen LogP contribution >= 0.6 is 0 Å². The minimum atomic E-state index is -2.15. The van der Waals surface area contributed by atoms with Gasteiger partial charge in [-0.3, -0.25) is 34.3 Å². The molecule has 3 amide bonds. The van der Waals surface area contributed by atoms with Crippen LogP contribution in [0.25, 0.3) is 11.0 Å². The number of imide groups is 1. The molecule has 3 fully saturated rings. The standard InChI is InChI=1S/C64H54N8O12/c73-33-34-80-48-17-9-16-46(37-48)59-64(49-35-41(11-10-28-69-52-19-8-7-18-50(52)65-66-69)22-26-51(49)70(62(64)76)63(77)81-39-42-20-24-47(25-21-42)72(78)79)55(60(74)68-31-29-67(30-32-68)38-43-23-27-53-54(36-43)83-40-82-53)57-61(75)84-58(45-14-5-2-6-15-45)56(71(57)59)44-12-3-1-4-13-44/h1-9,12-27,35-37,55-59,73H,28-34,38-40H2/t55-,56-,57-,58+,59+,64-/m0/s1. The summed E-state index contributed by atoms with van der Waals surface area (Å²) in [5, 5.41) is 30.2. The number of cyclic esters (lactones) is 1. The zero-order chi connectivity index (χ0) is 57.5. The van der Waals surface area contributed by atoms with Crippen molar-refractivity contribution in [1.82, 2.24) is 29.7 Å². The number of rotatable bonds is 13. The SMILES string of the molecule is O=C1O[C@H](c2ccccc2)[C@H](c2ccccc2)N2[C@H]1[C@@H](C(=O)N1CCN(Cc3ccc4c(c3)OCO4)CC1)[C@]1(C(=O)N(C(=O)OCc3ccc([N+](=O)[O-])cc3)c3ccc(C#CCn4nnc5ccccc54)cc31)[C@H]2c1cccc(OCCO)c1. The van der Waals surface area contributed by atoms with Crippen LogP contribution in [-0.4, -0.2) is 116 Å². The first-order valence-corrected chi connectivity index (χ1v) is 27.6. The molecule has 6 heterocycles. The lowest BCUT2D eigenvalue weighted by molar-refractivity contribution is -0.384. The number of aromatic nitrogens is 3. The number of piperazine rings is 1. The van der Waals surface area contributed by atoms with Crippen molar-refractivity contribution in [2.75, 3.05) is 51.1 Å². The number of aliphatic hydroxyl groups excluding tert-OH is 1. The number of carbonyl (C=O) groups is 4. The number of esters is 1. The summed E-state index contributed by atoms with van der Waals surface area (Å²) in [7, 11) is 0. The van der Waals surface area contributed by atoms with Crippen LogP contribution in [0.3, 0.4) is 0 Å². The zero-order valence-electron chi connectivity index (χ0n) is 45.1. The van der Waals surface area contributed by atoms with Gasteiger partial charge in [-0.25, -0.2) is 14.4 Å². The van der Waals surface area contributed by atoms with E-state index in [1.165, 1.54) is 24.3 Å². The Hall–Kier alpha value is -9.94. The maximum absolute atomic E-state index is 17.0. The number of nitro benzene ring substituents is 1. The topological polar surface area (TPSA) is 221 Å². The Bertz CT molecular complexity index is 3920. The van der Waals surface area contributed by atoms with E-state index in [0.29, 0.717) is 70.2 Å². The van der Waals surface area contributed by atoms with Crippen molar-refractivity contribution in [2.24, 2.45) is 5.92 Å². The van der Waals surface area contributed by atoms with Crippen LogP contribution in [0.4, 0.5) is 16.2 Å². The van der Waals surface area contributed by atoms with E-state index in [4.69, 9.17) is 23.7 Å². The number of nitrogens with zero attached hydrogens (tertiary/aromatic N) is 8. The van der Waals surface area contributed by atoms with Crippen LogP contribution in [0, 0.1) is 27.9 Å². The van der Waals surface area contributed by atoms with Crippen LogP contribution in [0.15, 0.2) is 170 Å². The Kier molecular flexibility index (Phi) is 14.3. The summed E-state index contributed by atoms with van der Waals surface area (Å²) >= 11 is 0. The molecule has 1 N–H and O–H groups in total. The largest absolute Gasteiger partial charge is 0.491 e. The van der Waals surface area contributed by atoms with Gasteiger partial charge in [0.2, 0.25) is 18.6 Å². The minimum Gasteiger partial charge on any atom is -0.491 e. The Morgan fingerprint density at radius 1 is 0.762 bits per heavy atom. The predicted molar refractivity (Wildman–Crippen MR) is 303 cm³/mol. The van der Waals surface area contributed by atoms with Crippen LogP contribution in [0.2, 0.25) is 0 Å². The van der Waals surface area contributed by atoms with Gasteiger partial charge < -0.3 is 33.7 Å². The van der Waals surface area contributed by atoms with Crippen molar-refractivity contribution in [2.45, 2.75) is 49.3 Å². The molecule has 6 atom stereocenters. The molecular formula is C64H54N8O12. The molecule has 5 aliphatic rings. The molecule has 0 saturated carbocycles. The molecule has 84 heavy (non-hydrogen) atoms. The molecule has 0 bridgehead atoms. The smallest absolute Gasteiger partial charge is 0.421 e. The highest BCUT2D eigenvalue weighted by Gasteiger charge is 2.76. The highest BCUT2D eigenvalue weighted by molar-refractivity contribution is 6.23. The number of aliphatic hydroxyl groups is 1. The molecule has 0 radical (unpaired) electrons. The van der Waals surface area contributed by atoms with Gasteiger partial charge in [0.1, 0.15) is 48.6 Å². The van der Waals surface area contributed by atoms with Gasteiger partial charge in [0.05, 0.1) is 40.7 Å². The molecular weight excluding hydrogens is 1070 g/mol. The van der Waals surface area contributed by atoms with Gasteiger partial charge in [0, 0.05) is 50.4 Å². The Balaban J connectivity index is 0.998. The minimum absolute atomic E-state index is 0.0645. The van der Waals surface area contributed by atoms with E-state index in [1.54, 1.807) is 46.0 Å². The van der Waals surface area contributed by atoms with Gasteiger partial charge in [-0.2, -0.15) is 0 Å². The number of ether oxygens (including phenoxy) is 5. The van der Waals surface area contributed by atoms with Crippen LogP contribution in [-0.2, 0) is 49.0 Å². The molecule has 0 aliphatic carbocycles. The van der Waals surface area contributed by atoms with Gasteiger partial charge in [-0.1, -0.05) is 108 Å². The van der Waals surface area contributed by atoms with Gasteiger partial charge >= 0.3 is 12.1 Å². The maximum Gasteiger partial charge on any atom is 0.421 e. The molecule has 5 aliphatic heterocycles. The molecule has 13 rings (SSSR count). The van der Waals surface area contributed by atoms with E-state index >= 15 is 19.2 Å². The zero-order valence-corrected chi connectivity index (χ0v) is 45.1. The summed E-state index contributed by atoms with van der Waals surface area (Å²) in [6.45, 7) is 1.37. The molecule has 1 aromatic heterocycles. The number of amides is 3. The number of hydrogen-bond donors (Lipinski definition) is 1. The van der Waals surface area contributed by atoms with Gasteiger partial charge in [-0.15, -0.1) is 5.10 Å². The van der Waals surface area contributed by atoms with E-state index in [1.807, 2.05) is 114 Å². The summed E-state index contributed by atoms with van der Waals surface area (Å²) in [5.74, 6) is 4.46. The first-order chi connectivity index (χ1) is 41.1. The normalized spacial score (nSPS) is 21.6. The van der Waals surface area contributed by atoms with E-state index < -0.39 is 64.4 Å². The third kappa shape index (κ3) is 9.56.